The van der Waals surface area contributed by atoms with Gasteiger partial charge in [-0.05, 0) is 104 Å². The predicted molar refractivity (Wildman–Crippen MR) is 235 cm³/mol. The largest absolute Gasteiger partial charge is 0.456 e. The third-order valence-corrected chi connectivity index (χ3v) is 12.8. The molecule has 3 heterocycles. The molecule has 3 aromatic heterocycles. The van der Waals surface area contributed by atoms with Gasteiger partial charge in [0.05, 0.1) is 22.3 Å². The Morgan fingerprint density at radius 3 is 2.12 bits per heavy atom. The summed E-state index contributed by atoms with van der Waals surface area (Å²) in [7, 11) is 0. The van der Waals surface area contributed by atoms with E-state index in [2.05, 4.69) is 169 Å². The van der Waals surface area contributed by atoms with E-state index in [4.69, 9.17) is 13.8 Å². The molecule has 0 saturated heterocycles. The van der Waals surface area contributed by atoms with Crippen LogP contribution in [-0.4, -0.2) is 9.55 Å². The maximum absolute atomic E-state index is 7.04. The molecule has 1 aliphatic carbocycles. The lowest BCUT2D eigenvalue weighted by Gasteiger charge is -2.26. The third kappa shape index (κ3) is 4.50. The molecule has 0 bridgehead atoms. The van der Waals surface area contributed by atoms with E-state index >= 15 is 0 Å². The minimum atomic E-state index is -0.0684. The standard InChI is InChI=1S/C52H46N2O2/c1-28(2)36-25-39-33-16-11-12-19-42(33)55-49(39)44(29(3)4)46(36)54-47-41(23-22-40-45(47)52(7,8)27-51(40,5)6)53-50(54)35-18-13-17-34-38-24-31-21-20-30-14-9-10-15-32(30)37(31)26-43(38)56-48(34)35/h9-26,28-29H,27H2,1-8H3. The highest BCUT2D eigenvalue weighted by molar-refractivity contribution is 6.17. The number of furan rings is 2. The van der Waals surface area contributed by atoms with Gasteiger partial charge in [-0.2, -0.15) is 0 Å². The Labute approximate surface area is 326 Å². The van der Waals surface area contributed by atoms with Gasteiger partial charge in [0, 0.05) is 27.1 Å². The topological polar surface area (TPSA) is 44.1 Å². The highest BCUT2D eigenvalue weighted by Crippen LogP contribution is 2.54. The fraction of sp³-hybridized carbons (Fsp3) is 0.250. The van der Waals surface area contributed by atoms with Crippen LogP contribution < -0.4 is 0 Å². The van der Waals surface area contributed by atoms with E-state index in [0.29, 0.717) is 0 Å². The maximum atomic E-state index is 7.04. The quantitative estimate of drug-likeness (QED) is 0.169. The van der Waals surface area contributed by atoms with Crippen LogP contribution in [0, 0.1) is 0 Å². The lowest BCUT2D eigenvalue weighted by Crippen LogP contribution is -2.18. The van der Waals surface area contributed by atoms with Crippen LogP contribution in [0.4, 0.5) is 0 Å². The summed E-state index contributed by atoms with van der Waals surface area (Å²) in [4.78, 5) is 5.66. The van der Waals surface area contributed by atoms with E-state index in [1.807, 2.05) is 0 Å². The summed E-state index contributed by atoms with van der Waals surface area (Å²) in [6, 6.07) is 39.7. The van der Waals surface area contributed by atoms with E-state index in [9.17, 15) is 0 Å². The molecule has 276 valence electrons. The Kier molecular flexibility index (Phi) is 6.78. The number of para-hydroxylation sites is 2. The molecule has 0 saturated carbocycles. The maximum Gasteiger partial charge on any atom is 0.149 e. The van der Waals surface area contributed by atoms with Gasteiger partial charge in [0.2, 0.25) is 0 Å². The third-order valence-electron chi connectivity index (χ3n) is 12.8. The number of fused-ring (bicyclic) bond motifs is 12. The van der Waals surface area contributed by atoms with Gasteiger partial charge >= 0.3 is 0 Å². The first-order valence-electron chi connectivity index (χ1n) is 20.2. The van der Waals surface area contributed by atoms with E-state index < -0.39 is 0 Å². The smallest absolute Gasteiger partial charge is 0.149 e. The second-order valence-electron chi connectivity index (χ2n) is 18.2. The van der Waals surface area contributed by atoms with Crippen LogP contribution in [0.1, 0.15) is 95.9 Å². The Bertz CT molecular complexity index is 3290. The highest BCUT2D eigenvalue weighted by Gasteiger charge is 2.44. The van der Waals surface area contributed by atoms with Gasteiger partial charge in [0.15, 0.2) is 0 Å². The van der Waals surface area contributed by atoms with Crippen molar-refractivity contribution in [1.82, 2.24) is 9.55 Å². The fourth-order valence-electron chi connectivity index (χ4n) is 10.7. The van der Waals surface area contributed by atoms with Crippen molar-refractivity contribution in [2.24, 2.45) is 0 Å². The van der Waals surface area contributed by atoms with Gasteiger partial charge in [-0.1, -0.05) is 128 Å². The molecule has 10 aromatic rings. The van der Waals surface area contributed by atoms with Crippen molar-refractivity contribution in [1.29, 1.82) is 0 Å². The molecule has 0 unspecified atom stereocenters. The number of hydrogen-bond donors (Lipinski definition) is 0. The highest BCUT2D eigenvalue weighted by atomic mass is 16.3. The van der Waals surface area contributed by atoms with Crippen molar-refractivity contribution in [3.05, 3.63) is 131 Å². The van der Waals surface area contributed by atoms with Gasteiger partial charge in [-0.25, -0.2) is 4.98 Å². The van der Waals surface area contributed by atoms with E-state index in [-0.39, 0.29) is 22.7 Å². The second-order valence-corrected chi connectivity index (χ2v) is 18.2. The van der Waals surface area contributed by atoms with Crippen LogP contribution in [0.25, 0.3) is 93.5 Å². The summed E-state index contributed by atoms with van der Waals surface area (Å²) in [5.41, 5.74) is 13.2. The number of rotatable bonds is 4. The van der Waals surface area contributed by atoms with Crippen molar-refractivity contribution >= 4 is 76.5 Å². The SMILES string of the molecule is CC(C)c1cc2c(oc3ccccc32)c(C(C)C)c1-n1c(-c2cccc3c2oc2cc4c(ccc5ccccc54)cc23)nc2ccc3c(c21)C(C)(C)CC3(C)C. The number of nitrogens with zero attached hydrogens (tertiary/aromatic N) is 2. The lowest BCUT2D eigenvalue weighted by molar-refractivity contribution is 0.404. The first-order valence-corrected chi connectivity index (χ1v) is 20.2. The molecule has 0 radical (unpaired) electrons. The molecule has 56 heavy (non-hydrogen) atoms. The molecular weight excluding hydrogens is 685 g/mol. The molecule has 0 spiro atoms. The zero-order chi connectivity index (χ0) is 38.4. The molecule has 0 fully saturated rings. The fourth-order valence-corrected chi connectivity index (χ4v) is 10.7. The van der Waals surface area contributed by atoms with Crippen molar-refractivity contribution in [3.63, 3.8) is 0 Å². The van der Waals surface area contributed by atoms with E-state index in [1.165, 1.54) is 60.4 Å². The molecule has 4 heteroatoms. The van der Waals surface area contributed by atoms with Crippen LogP contribution >= 0.6 is 0 Å². The van der Waals surface area contributed by atoms with Crippen LogP contribution in [0.2, 0.25) is 0 Å². The average molecular weight is 731 g/mol. The first-order chi connectivity index (χ1) is 26.9. The van der Waals surface area contributed by atoms with Gasteiger partial charge in [0.25, 0.3) is 0 Å². The number of imidazole rings is 1. The molecule has 0 amide bonds. The minimum absolute atomic E-state index is 0.0255. The van der Waals surface area contributed by atoms with Crippen molar-refractivity contribution in [3.8, 4) is 17.1 Å². The zero-order valence-electron chi connectivity index (χ0n) is 33.5. The summed E-state index contributed by atoms with van der Waals surface area (Å²) < 4.78 is 16.4. The Morgan fingerprint density at radius 1 is 0.589 bits per heavy atom. The molecule has 11 rings (SSSR count). The monoisotopic (exact) mass is 730 g/mol. The Morgan fingerprint density at radius 2 is 1.32 bits per heavy atom. The number of benzene rings is 7. The summed E-state index contributed by atoms with van der Waals surface area (Å²) in [5, 5.41) is 9.41. The summed E-state index contributed by atoms with van der Waals surface area (Å²) in [6.07, 6.45) is 1.06. The summed E-state index contributed by atoms with van der Waals surface area (Å²) in [5.74, 6) is 1.30. The summed E-state index contributed by atoms with van der Waals surface area (Å²) >= 11 is 0. The van der Waals surface area contributed by atoms with E-state index in [0.717, 1.165) is 61.8 Å². The molecular formula is C52H46N2O2. The second kappa shape index (κ2) is 11.4. The minimum Gasteiger partial charge on any atom is -0.456 e. The molecule has 0 atom stereocenters. The van der Waals surface area contributed by atoms with Gasteiger partial charge in [-0.15, -0.1) is 0 Å². The van der Waals surface area contributed by atoms with Crippen LogP contribution in [0.15, 0.2) is 118 Å². The van der Waals surface area contributed by atoms with Crippen LogP contribution in [0.3, 0.4) is 0 Å². The number of aromatic nitrogens is 2. The van der Waals surface area contributed by atoms with Crippen LogP contribution in [-0.2, 0) is 10.8 Å². The average Bonchev–Trinajstić information content (AvgIpc) is 3.89. The molecule has 1 aliphatic rings. The predicted octanol–water partition coefficient (Wildman–Crippen LogP) is 15.0. The van der Waals surface area contributed by atoms with Crippen LogP contribution in [0.5, 0.6) is 0 Å². The van der Waals surface area contributed by atoms with Crippen molar-refractivity contribution in [2.45, 2.75) is 84.5 Å². The van der Waals surface area contributed by atoms with Crippen molar-refractivity contribution < 1.29 is 8.83 Å². The molecule has 0 aliphatic heterocycles. The first kappa shape index (κ1) is 33.5. The van der Waals surface area contributed by atoms with Gasteiger partial charge in [0.1, 0.15) is 28.2 Å². The van der Waals surface area contributed by atoms with Gasteiger partial charge < -0.3 is 8.83 Å². The van der Waals surface area contributed by atoms with E-state index in [1.54, 1.807) is 0 Å². The normalized spacial score (nSPS) is 15.3. The molecule has 7 aromatic carbocycles. The lowest BCUT2D eigenvalue weighted by atomic mass is 9.81. The van der Waals surface area contributed by atoms with Gasteiger partial charge in [-0.3, -0.25) is 4.57 Å². The van der Waals surface area contributed by atoms with Crippen molar-refractivity contribution in [2.75, 3.05) is 0 Å². The summed E-state index contributed by atoms with van der Waals surface area (Å²) in [6.45, 7) is 18.9. The number of hydrogen-bond acceptors (Lipinski definition) is 3. The molecule has 0 N–H and O–H groups in total. The Hall–Kier alpha value is -5.87. The molecule has 4 nitrogen and oxygen atoms in total. The Balaban J connectivity index is 1.31. The zero-order valence-corrected chi connectivity index (χ0v) is 33.5.